The molecular formula is C40H48N2O4. The Morgan fingerprint density at radius 2 is 0.870 bits per heavy atom. The van der Waals surface area contributed by atoms with Crippen molar-refractivity contribution >= 4 is 23.2 Å². The Morgan fingerprint density at radius 3 is 1.15 bits per heavy atom. The van der Waals surface area contributed by atoms with Gasteiger partial charge < -0.3 is 20.1 Å². The lowest BCUT2D eigenvalue weighted by Gasteiger charge is -2.20. The summed E-state index contributed by atoms with van der Waals surface area (Å²) in [6.07, 6.45) is -1.32. The molecule has 242 valence electrons. The van der Waals surface area contributed by atoms with Crippen molar-refractivity contribution in [1.29, 1.82) is 0 Å². The zero-order valence-electron chi connectivity index (χ0n) is 28.9. The summed E-state index contributed by atoms with van der Waals surface area (Å²) in [5.74, 6) is 0.884. The number of amides is 2. The molecule has 2 unspecified atom stereocenters. The van der Waals surface area contributed by atoms with Crippen LogP contribution in [0.4, 0.5) is 11.4 Å². The fraction of sp³-hybridized carbons (Fsp3) is 0.350. The Balaban J connectivity index is 1.35. The molecule has 0 aromatic heterocycles. The van der Waals surface area contributed by atoms with Crippen molar-refractivity contribution in [3.63, 3.8) is 0 Å². The van der Waals surface area contributed by atoms with E-state index in [-0.39, 0.29) is 22.6 Å². The molecule has 2 N–H and O–H groups in total. The number of anilines is 2. The maximum absolute atomic E-state index is 12.9. The van der Waals surface area contributed by atoms with Gasteiger partial charge in [0.1, 0.15) is 11.5 Å². The van der Waals surface area contributed by atoms with E-state index < -0.39 is 12.2 Å². The van der Waals surface area contributed by atoms with Crippen molar-refractivity contribution in [1.82, 2.24) is 0 Å². The molecule has 6 nitrogen and oxygen atoms in total. The van der Waals surface area contributed by atoms with E-state index in [2.05, 4.69) is 52.2 Å². The molecule has 0 spiro atoms. The van der Waals surface area contributed by atoms with E-state index in [0.29, 0.717) is 11.5 Å². The minimum absolute atomic E-state index is 0.0517. The number of benzene rings is 4. The number of rotatable bonds is 9. The maximum Gasteiger partial charge on any atom is 0.265 e. The molecule has 0 aliphatic rings. The quantitative estimate of drug-likeness (QED) is 0.195. The molecule has 0 fully saturated rings. The molecule has 0 aliphatic carbocycles. The van der Waals surface area contributed by atoms with Gasteiger partial charge >= 0.3 is 0 Å². The van der Waals surface area contributed by atoms with Crippen LogP contribution in [0.15, 0.2) is 84.9 Å². The van der Waals surface area contributed by atoms with Crippen LogP contribution in [0.1, 0.15) is 77.6 Å². The van der Waals surface area contributed by atoms with E-state index in [1.807, 2.05) is 98.8 Å². The summed E-state index contributed by atoms with van der Waals surface area (Å²) < 4.78 is 11.8. The van der Waals surface area contributed by atoms with Gasteiger partial charge in [0, 0.05) is 11.4 Å². The van der Waals surface area contributed by atoms with Gasteiger partial charge in [0.05, 0.1) is 0 Å². The molecule has 2 amide bonds. The highest BCUT2D eigenvalue weighted by Crippen LogP contribution is 2.30. The molecule has 4 aromatic rings. The van der Waals surface area contributed by atoms with E-state index >= 15 is 0 Å². The molecule has 6 heteroatoms. The Kier molecular flexibility index (Phi) is 10.3. The first kappa shape index (κ1) is 34.3. The summed E-state index contributed by atoms with van der Waals surface area (Å²) in [4.78, 5) is 25.9. The minimum Gasteiger partial charge on any atom is -0.481 e. The maximum atomic E-state index is 12.9. The van der Waals surface area contributed by atoms with Crippen LogP contribution >= 0.6 is 0 Å². The monoisotopic (exact) mass is 620 g/mol. The third-order valence-electron chi connectivity index (χ3n) is 8.11. The number of hydrogen-bond donors (Lipinski definition) is 2. The number of aryl methyl sites for hydroxylation is 2. The lowest BCUT2D eigenvalue weighted by Crippen LogP contribution is -2.30. The van der Waals surface area contributed by atoms with E-state index in [1.54, 1.807) is 13.8 Å². The molecule has 2 atom stereocenters. The fourth-order valence-corrected chi connectivity index (χ4v) is 5.02. The summed E-state index contributed by atoms with van der Waals surface area (Å²) in [6, 6.07) is 27.6. The smallest absolute Gasteiger partial charge is 0.265 e. The van der Waals surface area contributed by atoms with Gasteiger partial charge in [-0.15, -0.1) is 0 Å². The number of carbonyl (C=O) groups excluding carboxylic acids is 2. The predicted octanol–water partition coefficient (Wildman–Crippen LogP) is 9.38. The molecule has 0 radical (unpaired) electrons. The molecule has 0 aliphatic heterocycles. The number of ether oxygens (including phenoxy) is 2. The van der Waals surface area contributed by atoms with E-state index in [0.717, 1.165) is 33.6 Å². The fourth-order valence-electron chi connectivity index (χ4n) is 5.02. The Morgan fingerprint density at radius 1 is 0.543 bits per heavy atom. The van der Waals surface area contributed by atoms with E-state index in [9.17, 15) is 9.59 Å². The molecule has 46 heavy (non-hydrogen) atoms. The third kappa shape index (κ3) is 8.78. The molecule has 4 aromatic carbocycles. The van der Waals surface area contributed by atoms with E-state index in [4.69, 9.17) is 9.47 Å². The predicted molar refractivity (Wildman–Crippen MR) is 189 cm³/mol. The van der Waals surface area contributed by atoms with Crippen LogP contribution < -0.4 is 20.1 Å². The van der Waals surface area contributed by atoms with Gasteiger partial charge in [-0.3, -0.25) is 9.59 Å². The first-order valence-corrected chi connectivity index (χ1v) is 15.9. The van der Waals surface area contributed by atoms with Gasteiger partial charge in [-0.25, -0.2) is 0 Å². The van der Waals surface area contributed by atoms with Gasteiger partial charge in [0.15, 0.2) is 12.2 Å². The number of nitrogens with one attached hydrogen (secondary N) is 2. The number of carbonyl (C=O) groups is 2. The average molecular weight is 621 g/mol. The van der Waals surface area contributed by atoms with Gasteiger partial charge in [-0.1, -0.05) is 77.9 Å². The summed E-state index contributed by atoms with van der Waals surface area (Å²) >= 11 is 0. The van der Waals surface area contributed by atoms with Crippen molar-refractivity contribution in [3.8, 4) is 22.6 Å². The van der Waals surface area contributed by atoms with Crippen LogP contribution in [0.5, 0.6) is 11.5 Å². The topological polar surface area (TPSA) is 76.7 Å². The lowest BCUT2D eigenvalue weighted by molar-refractivity contribution is -0.122. The van der Waals surface area contributed by atoms with Crippen LogP contribution in [0, 0.1) is 13.8 Å². The number of hydrogen-bond acceptors (Lipinski definition) is 4. The second-order valence-electron chi connectivity index (χ2n) is 14.1. The van der Waals surface area contributed by atoms with Crippen LogP contribution in [0.25, 0.3) is 11.1 Å². The van der Waals surface area contributed by atoms with Gasteiger partial charge in [-0.05, 0) is 120 Å². The molecule has 0 saturated carbocycles. The zero-order valence-corrected chi connectivity index (χ0v) is 28.9. The molecule has 0 saturated heterocycles. The van der Waals surface area contributed by atoms with Crippen molar-refractivity contribution in [2.24, 2.45) is 0 Å². The van der Waals surface area contributed by atoms with Crippen molar-refractivity contribution in [2.45, 2.75) is 92.3 Å². The third-order valence-corrected chi connectivity index (χ3v) is 8.11. The molecular weight excluding hydrogens is 572 g/mol. The van der Waals surface area contributed by atoms with Gasteiger partial charge in [0.2, 0.25) is 0 Å². The standard InChI is InChI=1S/C40H48N2O4/c1-25-23-29(11-21-35(25)41-37(43)27(3)45-33-17-13-31(14-18-33)39(5,6)7)30-12-22-36(26(2)24-30)42-38(44)28(4)46-34-19-15-32(16-20-34)40(8,9)10/h11-24,27-28H,1-10H3,(H,41,43)(H,42,44). The highest BCUT2D eigenvalue weighted by molar-refractivity contribution is 5.96. The molecule has 4 rings (SSSR count). The zero-order chi connectivity index (χ0) is 33.8. The molecule has 0 bridgehead atoms. The Hall–Kier alpha value is -4.58. The summed E-state index contributed by atoms with van der Waals surface area (Å²) in [5.41, 5.74) is 7.87. The van der Waals surface area contributed by atoms with Crippen LogP contribution in [-0.4, -0.2) is 24.0 Å². The van der Waals surface area contributed by atoms with Crippen LogP contribution in [-0.2, 0) is 20.4 Å². The molecule has 0 heterocycles. The average Bonchev–Trinajstić information content (AvgIpc) is 2.98. The second kappa shape index (κ2) is 13.8. The van der Waals surface area contributed by atoms with Gasteiger partial charge in [-0.2, -0.15) is 0 Å². The van der Waals surface area contributed by atoms with Crippen molar-refractivity contribution in [3.05, 3.63) is 107 Å². The highest BCUT2D eigenvalue weighted by atomic mass is 16.5. The Labute approximate surface area is 274 Å². The first-order chi connectivity index (χ1) is 21.5. The van der Waals surface area contributed by atoms with Gasteiger partial charge in [0.25, 0.3) is 11.8 Å². The minimum atomic E-state index is -0.660. The summed E-state index contributed by atoms with van der Waals surface area (Å²) in [7, 11) is 0. The van der Waals surface area contributed by atoms with Crippen molar-refractivity contribution in [2.75, 3.05) is 10.6 Å². The second-order valence-corrected chi connectivity index (χ2v) is 14.1. The van der Waals surface area contributed by atoms with E-state index in [1.165, 1.54) is 11.1 Å². The largest absolute Gasteiger partial charge is 0.481 e. The Bertz CT molecular complexity index is 1550. The SMILES string of the molecule is Cc1cc(-c2ccc(NC(=O)C(C)Oc3ccc(C(C)(C)C)cc3)c(C)c2)ccc1NC(=O)C(C)Oc1ccc(C(C)(C)C)cc1. The summed E-state index contributed by atoms with van der Waals surface area (Å²) in [6.45, 7) is 20.4. The lowest BCUT2D eigenvalue weighted by atomic mass is 9.87. The first-order valence-electron chi connectivity index (χ1n) is 15.9. The van der Waals surface area contributed by atoms with Crippen molar-refractivity contribution < 1.29 is 19.1 Å². The summed E-state index contributed by atoms with van der Waals surface area (Å²) in [5, 5.41) is 6.00. The van der Waals surface area contributed by atoms with Crippen LogP contribution in [0.2, 0.25) is 0 Å². The van der Waals surface area contributed by atoms with Crippen LogP contribution in [0.3, 0.4) is 0 Å². The highest BCUT2D eigenvalue weighted by Gasteiger charge is 2.19. The normalized spacial score (nSPS) is 13.0.